The van der Waals surface area contributed by atoms with Crippen molar-refractivity contribution in [2.24, 2.45) is 5.16 Å². The first kappa shape index (κ1) is 21.6. The first-order chi connectivity index (χ1) is 14.8. The summed E-state index contributed by atoms with van der Waals surface area (Å²) >= 11 is 18.2. The third-order valence-electron chi connectivity index (χ3n) is 4.78. The molecule has 1 unspecified atom stereocenters. The summed E-state index contributed by atoms with van der Waals surface area (Å²) in [6.07, 6.45) is -0.825. The van der Waals surface area contributed by atoms with Crippen molar-refractivity contribution < 1.29 is 14.0 Å². The molecule has 0 saturated heterocycles. The lowest BCUT2D eigenvalue weighted by Gasteiger charge is -2.08. The molecule has 31 heavy (non-hydrogen) atoms. The molecule has 160 valence electrons. The van der Waals surface area contributed by atoms with E-state index < -0.39 is 17.8 Å². The number of aromatic nitrogens is 2. The number of nitrogens with zero attached hydrogens (tertiary/aromatic N) is 3. The van der Waals surface area contributed by atoms with Crippen molar-refractivity contribution in [2.45, 2.75) is 26.0 Å². The van der Waals surface area contributed by atoms with E-state index in [1.807, 2.05) is 13.0 Å². The second-order valence-electron chi connectivity index (χ2n) is 6.99. The van der Waals surface area contributed by atoms with E-state index in [1.165, 1.54) is 12.1 Å². The molecular formula is C21H16Cl3FN4O2. The van der Waals surface area contributed by atoms with Crippen LogP contribution in [0.5, 0.6) is 0 Å². The quantitative estimate of drug-likeness (QED) is 0.525. The number of carbonyl (C=O) groups is 1. The maximum absolute atomic E-state index is 14.1. The maximum atomic E-state index is 14.1. The summed E-state index contributed by atoms with van der Waals surface area (Å²) in [5.41, 5.74) is 2.08. The first-order valence-corrected chi connectivity index (χ1v) is 10.4. The van der Waals surface area contributed by atoms with Crippen LogP contribution in [0.4, 0.5) is 10.2 Å². The molecule has 0 bridgehead atoms. The van der Waals surface area contributed by atoms with Gasteiger partial charge in [0.1, 0.15) is 5.82 Å². The highest BCUT2D eigenvalue weighted by Gasteiger charge is 2.31. The topological polar surface area (TPSA) is 68.5 Å². The number of amides is 1. The predicted octanol–water partition coefficient (Wildman–Crippen LogP) is 5.47. The van der Waals surface area contributed by atoms with Crippen molar-refractivity contribution in [2.75, 3.05) is 5.32 Å². The fourth-order valence-corrected chi connectivity index (χ4v) is 3.93. The Morgan fingerprint density at radius 3 is 2.77 bits per heavy atom. The summed E-state index contributed by atoms with van der Waals surface area (Å²) in [5, 5.41) is 12.2. The minimum atomic E-state index is -0.915. The lowest BCUT2D eigenvalue weighted by Crippen LogP contribution is -2.28. The maximum Gasteiger partial charge on any atom is 0.269 e. The largest absolute Gasteiger partial charge is 0.382 e. The molecule has 1 aliphatic rings. The van der Waals surface area contributed by atoms with Gasteiger partial charge < -0.3 is 10.2 Å². The minimum absolute atomic E-state index is 0.0898. The van der Waals surface area contributed by atoms with E-state index in [9.17, 15) is 9.18 Å². The molecule has 1 amide bonds. The molecule has 1 aliphatic heterocycles. The standard InChI is InChI=1S/C21H16Cl3FN4O2/c1-11-7-19(27-29(11)10-12-5-6-13(22)8-15(12)24)26-21(30)18-9-17(28-31-18)20-14(23)3-2-4-16(20)25/h2-8,18H,9-10H2,1H3,(H,26,27,30). The summed E-state index contributed by atoms with van der Waals surface area (Å²) < 4.78 is 15.8. The Bertz CT molecular complexity index is 1180. The van der Waals surface area contributed by atoms with Gasteiger partial charge in [-0.3, -0.25) is 9.48 Å². The van der Waals surface area contributed by atoms with Gasteiger partial charge in [-0.2, -0.15) is 5.10 Å². The number of rotatable bonds is 5. The zero-order valence-corrected chi connectivity index (χ0v) is 18.5. The zero-order chi connectivity index (χ0) is 22.1. The molecule has 2 aromatic carbocycles. The SMILES string of the molecule is Cc1cc(NC(=O)C2CC(c3c(F)cccc3Cl)=NO2)nn1Cc1ccc(Cl)cc1Cl. The van der Waals surface area contributed by atoms with Crippen LogP contribution < -0.4 is 5.32 Å². The second-order valence-corrected chi connectivity index (χ2v) is 8.24. The highest BCUT2D eigenvalue weighted by Crippen LogP contribution is 2.26. The van der Waals surface area contributed by atoms with Gasteiger partial charge in [-0.05, 0) is 36.8 Å². The monoisotopic (exact) mass is 480 g/mol. The Labute approximate surface area is 192 Å². The molecule has 2 heterocycles. The molecule has 1 atom stereocenters. The second kappa shape index (κ2) is 8.86. The number of hydrogen-bond acceptors (Lipinski definition) is 4. The average Bonchev–Trinajstić information content (AvgIpc) is 3.31. The van der Waals surface area contributed by atoms with Crippen molar-refractivity contribution in [3.63, 3.8) is 0 Å². The number of benzene rings is 2. The third kappa shape index (κ3) is 4.69. The van der Waals surface area contributed by atoms with Crippen LogP contribution in [0.15, 0.2) is 47.6 Å². The molecule has 0 saturated carbocycles. The van der Waals surface area contributed by atoms with Crippen LogP contribution in [0, 0.1) is 12.7 Å². The molecule has 3 aromatic rings. The molecule has 0 spiro atoms. The van der Waals surface area contributed by atoms with E-state index in [4.69, 9.17) is 39.6 Å². The van der Waals surface area contributed by atoms with Crippen molar-refractivity contribution in [1.29, 1.82) is 0 Å². The fraction of sp³-hybridized carbons (Fsp3) is 0.190. The van der Waals surface area contributed by atoms with E-state index in [-0.39, 0.29) is 22.7 Å². The highest BCUT2D eigenvalue weighted by molar-refractivity contribution is 6.35. The predicted molar refractivity (Wildman–Crippen MR) is 119 cm³/mol. The van der Waals surface area contributed by atoms with Gasteiger partial charge in [-0.15, -0.1) is 0 Å². The molecular weight excluding hydrogens is 466 g/mol. The van der Waals surface area contributed by atoms with Gasteiger partial charge in [0, 0.05) is 28.2 Å². The number of halogens is 4. The highest BCUT2D eigenvalue weighted by atomic mass is 35.5. The number of nitrogens with one attached hydrogen (secondary N) is 1. The van der Waals surface area contributed by atoms with Crippen molar-refractivity contribution in [1.82, 2.24) is 9.78 Å². The Morgan fingerprint density at radius 2 is 2.03 bits per heavy atom. The van der Waals surface area contributed by atoms with E-state index in [1.54, 1.807) is 28.9 Å². The Hall–Kier alpha value is -2.61. The van der Waals surface area contributed by atoms with Gasteiger partial charge in [0.05, 0.1) is 22.8 Å². The smallest absolute Gasteiger partial charge is 0.269 e. The van der Waals surface area contributed by atoms with Crippen LogP contribution >= 0.6 is 34.8 Å². The van der Waals surface area contributed by atoms with E-state index in [0.717, 1.165) is 11.3 Å². The van der Waals surface area contributed by atoms with Crippen LogP contribution in [0.1, 0.15) is 23.2 Å². The van der Waals surface area contributed by atoms with Crippen molar-refractivity contribution in [3.8, 4) is 0 Å². The van der Waals surface area contributed by atoms with Crippen LogP contribution in [0.25, 0.3) is 0 Å². The van der Waals surface area contributed by atoms with Gasteiger partial charge in [0.2, 0.25) is 6.10 Å². The molecule has 10 heteroatoms. The van der Waals surface area contributed by atoms with Crippen molar-refractivity contribution >= 4 is 52.2 Å². The lowest BCUT2D eigenvalue weighted by atomic mass is 10.0. The molecule has 6 nitrogen and oxygen atoms in total. The molecule has 0 radical (unpaired) electrons. The van der Waals surface area contributed by atoms with Gasteiger partial charge in [0.15, 0.2) is 5.82 Å². The minimum Gasteiger partial charge on any atom is -0.382 e. The number of aryl methyl sites for hydroxylation is 1. The zero-order valence-electron chi connectivity index (χ0n) is 16.2. The van der Waals surface area contributed by atoms with Crippen molar-refractivity contribution in [3.05, 3.63) is 80.2 Å². The fourth-order valence-electron chi connectivity index (χ4n) is 3.19. The van der Waals surface area contributed by atoms with E-state index in [0.29, 0.717) is 22.4 Å². The van der Waals surface area contributed by atoms with Gasteiger partial charge in [0.25, 0.3) is 5.91 Å². The lowest BCUT2D eigenvalue weighted by molar-refractivity contribution is -0.125. The summed E-state index contributed by atoms with van der Waals surface area (Å²) in [5.74, 6) is -0.611. The summed E-state index contributed by atoms with van der Waals surface area (Å²) in [7, 11) is 0. The summed E-state index contributed by atoms with van der Waals surface area (Å²) in [6.45, 7) is 2.27. The van der Waals surface area contributed by atoms with Gasteiger partial charge in [-0.25, -0.2) is 4.39 Å². The number of carbonyl (C=O) groups excluding carboxylic acids is 1. The first-order valence-electron chi connectivity index (χ1n) is 9.28. The van der Waals surface area contributed by atoms with E-state index in [2.05, 4.69) is 15.6 Å². The normalized spacial score (nSPS) is 15.5. The molecule has 1 N–H and O–H groups in total. The van der Waals surface area contributed by atoms with Gasteiger partial charge in [-0.1, -0.05) is 52.1 Å². The van der Waals surface area contributed by atoms with Crippen LogP contribution in [0.2, 0.25) is 15.1 Å². The molecule has 4 rings (SSSR count). The Morgan fingerprint density at radius 1 is 1.23 bits per heavy atom. The summed E-state index contributed by atoms with van der Waals surface area (Å²) in [4.78, 5) is 17.8. The average molecular weight is 482 g/mol. The van der Waals surface area contributed by atoms with Gasteiger partial charge >= 0.3 is 0 Å². The Kier molecular flexibility index (Phi) is 6.18. The van der Waals surface area contributed by atoms with E-state index >= 15 is 0 Å². The third-order valence-corrected chi connectivity index (χ3v) is 5.68. The van der Waals surface area contributed by atoms with Crippen LogP contribution in [-0.4, -0.2) is 27.5 Å². The number of oxime groups is 1. The number of anilines is 1. The summed E-state index contributed by atoms with van der Waals surface area (Å²) in [6, 6.07) is 11.3. The van der Waals surface area contributed by atoms with Crippen LogP contribution in [0.3, 0.4) is 0 Å². The van der Waals surface area contributed by atoms with Crippen LogP contribution in [-0.2, 0) is 16.2 Å². The molecule has 1 aromatic heterocycles. The Balaban J connectivity index is 1.42. The molecule has 0 fully saturated rings. The number of hydrogen-bond donors (Lipinski definition) is 1. The molecule has 0 aliphatic carbocycles.